The molecule has 2 rings (SSSR count). The molecule has 2 aromatic heterocycles. The average Bonchev–Trinajstić information content (AvgIpc) is 2.19. The van der Waals surface area contributed by atoms with Gasteiger partial charge in [0.25, 0.3) is 5.56 Å². The molecular weight excluding hydrogens is 228 g/mol. The van der Waals surface area contributed by atoms with Crippen LogP contribution in [0, 0.1) is 6.92 Å². The van der Waals surface area contributed by atoms with Crippen molar-refractivity contribution in [2.24, 2.45) is 0 Å². The van der Waals surface area contributed by atoms with E-state index in [1.165, 1.54) is 11.3 Å². The lowest BCUT2D eigenvalue weighted by Gasteiger charge is -2.04. The van der Waals surface area contributed by atoms with Gasteiger partial charge >= 0.3 is 0 Å². The predicted molar refractivity (Wildman–Crippen MR) is 61.2 cm³/mol. The van der Waals surface area contributed by atoms with Gasteiger partial charge in [0.2, 0.25) is 0 Å². The fourth-order valence-electron chi connectivity index (χ4n) is 1.51. The van der Waals surface area contributed by atoms with Crippen LogP contribution >= 0.6 is 11.6 Å². The summed E-state index contributed by atoms with van der Waals surface area (Å²) in [7, 11) is 0. The Morgan fingerprint density at radius 3 is 2.75 bits per heavy atom. The predicted octanol–water partition coefficient (Wildman–Crippen LogP) is 1.86. The van der Waals surface area contributed by atoms with E-state index in [9.17, 15) is 9.59 Å². The van der Waals surface area contributed by atoms with E-state index >= 15 is 0 Å². The highest BCUT2D eigenvalue weighted by Crippen LogP contribution is 2.11. The van der Waals surface area contributed by atoms with Crippen LogP contribution in [0.1, 0.15) is 22.8 Å². The highest BCUT2D eigenvalue weighted by Gasteiger charge is 2.14. The van der Waals surface area contributed by atoms with Gasteiger partial charge in [0, 0.05) is 6.20 Å². The summed E-state index contributed by atoms with van der Waals surface area (Å²) < 4.78 is 1.33. The van der Waals surface area contributed by atoms with E-state index in [0.717, 1.165) is 5.56 Å². The number of aromatic nitrogens is 2. The number of rotatable bonds is 1. The van der Waals surface area contributed by atoms with Gasteiger partial charge in [-0.1, -0.05) is 17.7 Å². The molecular formula is C11H9ClN2O2. The number of pyridine rings is 1. The molecule has 4 nitrogen and oxygen atoms in total. The summed E-state index contributed by atoms with van der Waals surface area (Å²) in [5, 5.41) is -0.0404. The molecule has 0 aromatic carbocycles. The molecule has 0 aliphatic heterocycles. The van der Waals surface area contributed by atoms with Crippen LogP contribution in [0.15, 0.2) is 23.1 Å². The van der Waals surface area contributed by atoms with Gasteiger partial charge in [0.1, 0.15) is 16.4 Å². The maximum Gasteiger partial charge on any atom is 0.270 e. The van der Waals surface area contributed by atoms with E-state index < -0.39 is 5.56 Å². The van der Waals surface area contributed by atoms with Crippen LogP contribution in [0.3, 0.4) is 0 Å². The van der Waals surface area contributed by atoms with Crippen LogP contribution in [0.25, 0.3) is 5.65 Å². The zero-order valence-corrected chi connectivity index (χ0v) is 9.58. The van der Waals surface area contributed by atoms with Gasteiger partial charge in [-0.05, 0) is 25.5 Å². The van der Waals surface area contributed by atoms with Crippen LogP contribution in [0.2, 0.25) is 5.15 Å². The molecule has 2 aromatic rings. The SMILES string of the molecule is CC(=O)c1c(Cl)nc2ccc(C)cn2c1=O. The summed E-state index contributed by atoms with van der Waals surface area (Å²) in [6.07, 6.45) is 1.63. The molecule has 0 saturated carbocycles. The van der Waals surface area contributed by atoms with Crippen molar-refractivity contribution >= 4 is 23.0 Å². The smallest absolute Gasteiger partial charge is 0.270 e. The molecule has 0 fully saturated rings. The molecule has 5 heteroatoms. The van der Waals surface area contributed by atoms with Crippen molar-refractivity contribution < 1.29 is 4.79 Å². The fraction of sp³-hybridized carbons (Fsp3) is 0.182. The summed E-state index contributed by atoms with van der Waals surface area (Å²) in [4.78, 5) is 27.2. The number of hydrogen-bond donors (Lipinski definition) is 0. The highest BCUT2D eigenvalue weighted by atomic mass is 35.5. The molecule has 82 valence electrons. The van der Waals surface area contributed by atoms with Crippen LogP contribution in [-0.2, 0) is 0 Å². The Balaban J connectivity index is 2.96. The second-order valence-corrected chi connectivity index (χ2v) is 3.93. The van der Waals surface area contributed by atoms with E-state index in [-0.39, 0.29) is 16.5 Å². The molecule has 0 bridgehead atoms. The molecule has 0 unspecified atom stereocenters. The Morgan fingerprint density at radius 1 is 1.44 bits per heavy atom. The number of ketones is 1. The first-order valence-corrected chi connectivity index (χ1v) is 5.08. The zero-order chi connectivity index (χ0) is 11.9. The molecule has 0 aliphatic rings. The Labute approximate surface area is 96.5 Å². The summed E-state index contributed by atoms with van der Waals surface area (Å²) in [6.45, 7) is 3.15. The number of carbonyl (C=O) groups is 1. The first-order chi connectivity index (χ1) is 7.50. The van der Waals surface area contributed by atoms with Crippen LogP contribution in [-0.4, -0.2) is 15.2 Å². The number of hydrogen-bond acceptors (Lipinski definition) is 3. The third-order valence-electron chi connectivity index (χ3n) is 2.28. The average molecular weight is 237 g/mol. The Hall–Kier alpha value is -1.68. The maximum absolute atomic E-state index is 12.0. The number of nitrogens with zero attached hydrogens (tertiary/aromatic N) is 2. The lowest BCUT2D eigenvalue weighted by molar-refractivity contribution is 0.101. The van der Waals surface area contributed by atoms with Gasteiger partial charge < -0.3 is 0 Å². The first-order valence-electron chi connectivity index (χ1n) is 4.70. The summed E-state index contributed by atoms with van der Waals surface area (Å²) in [6, 6.07) is 3.51. The van der Waals surface area contributed by atoms with Gasteiger partial charge in [0.15, 0.2) is 5.78 Å². The second-order valence-electron chi connectivity index (χ2n) is 3.57. The number of halogens is 1. The number of aryl methyl sites for hydroxylation is 1. The van der Waals surface area contributed by atoms with Crippen molar-refractivity contribution in [3.05, 3.63) is 45.0 Å². The number of Topliss-reactive ketones (excluding diaryl/α,β-unsaturated/α-hetero) is 1. The first kappa shape index (κ1) is 10.8. The number of fused-ring (bicyclic) bond motifs is 1. The second kappa shape index (κ2) is 3.72. The molecule has 0 spiro atoms. The topological polar surface area (TPSA) is 51.4 Å². The minimum absolute atomic E-state index is 0.0404. The van der Waals surface area contributed by atoms with Crippen LogP contribution in [0.5, 0.6) is 0 Å². The summed E-state index contributed by atoms with van der Waals surface area (Å²) in [5.41, 5.74) is 0.856. The van der Waals surface area contributed by atoms with Crippen LogP contribution in [0.4, 0.5) is 0 Å². The van der Waals surface area contributed by atoms with Crippen molar-refractivity contribution in [2.75, 3.05) is 0 Å². The largest absolute Gasteiger partial charge is 0.294 e. The Bertz CT molecular complexity index is 646. The normalized spacial score (nSPS) is 10.7. The Kier molecular flexibility index (Phi) is 2.52. The minimum Gasteiger partial charge on any atom is -0.294 e. The Morgan fingerprint density at radius 2 is 2.12 bits per heavy atom. The van der Waals surface area contributed by atoms with E-state index in [1.807, 2.05) is 13.0 Å². The van der Waals surface area contributed by atoms with Gasteiger partial charge in [0.05, 0.1) is 0 Å². The molecule has 0 atom stereocenters. The third kappa shape index (κ3) is 1.61. The van der Waals surface area contributed by atoms with Crippen molar-refractivity contribution in [3.63, 3.8) is 0 Å². The number of carbonyl (C=O) groups excluding carboxylic acids is 1. The molecule has 0 aliphatic carbocycles. The summed E-state index contributed by atoms with van der Waals surface area (Å²) in [5.74, 6) is -0.376. The quantitative estimate of drug-likeness (QED) is 0.561. The molecule has 2 heterocycles. The standard InChI is InChI=1S/C11H9ClN2O2/c1-6-3-4-8-13-10(12)9(7(2)15)11(16)14(8)5-6/h3-5H,1-2H3. The third-order valence-corrected chi connectivity index (χ3v) is 2.55. The minimum atomic E-state index is -0.425. The maximum atomic E-state index is 12.0. The molecule has 0 saturated heterocycles. The van der Waals surface area contributed by atoms with E-state index in [1.54, 1.807) is 12.3 Å². The van der Waals surface area contributed by atoms with Gasteiger partial charge in [-0.3, -0.25) is 14.0 Å². The molecule has 0 radical (unpaired) electrons. The van der Waals surface area contributed by atoms with E-state index in [2.05, 4.69) is 4.98 Å². The van der Waals surface area contributed by atoms with Crippen molar-refractivity contribution in [1.82, 2.24) is 9.38 Å². The van der Waals surface area contributed by atoms with E-state index in [4.69, 9.17) is 11.6 Å². The van der Waals surface area contributed by atoms with Crippen molar-refractivity contribution in [2.45, 2.75) is 13.8 Å². The van der Waals surface area contributed by atoms with Gasteiger partial charge in [-0.25, -0.2) is 4.98 Å². The monoisotopic (exact) mass is 236 g/mol. The lowest BCUT2D eigenvalue weighted by atomic mass is 10.2. The molecule has 0 N–H and O–H groups in total. The zero-order valence-electron chi connectivity index (χ0n) is 8.82. The van der Waals surface area contributed by atoms with Crippen molar-refractivity contribution in [3.8, 4) is 0 Å². The van der Waals surface area contributed by atoms with Gasteiger partial charge in [-0.2, -0.15) is 0 Å². The van der Waals surface area contributed by atoms with Gasteiger partial charge in [-0.15, -0.1) is 0 Å². The fourth-order valence-corrected chi connectivity index (χ4v) is 1.81. The van der Waals surface area contributed by atoms with Crippen LogP contribution < -0.4 is 5.56 Å². The highest BCUT2D eigenvalue weighted by molar-refractivity contribution is 6.32. The summed E-state index contributed by atoms with van der Waals surface area (Å²) >= 11 is 5.80. The lowest BCUT2D eigenvalue weighted by Crippen LogP contribution is -2.22. The van der Waals surface area contributed by atoms with Crippen molar-refractivity contribution in [1.29, 1.82) is 0 Å². The molecule has 0 amide bonds. The van der Waals surface area contributed by atoms with E-state index in [0.29, 0.717) is 5.65 Å². The molecule has 16 heavy (non-hydrogen) atoms.